The number of nitrogens with zero attached hydrogens (tertiary/aromatic N) is 7. The minimum atomic E-state index is -1.23. The summed E-state index contributed by atoms with van der Waals surface area (Å²) >= 11 is 0. The molecule has 2 atom stereocenters. The first-order valence-corrected chi connectivity index (χ1v) is 11.4. The lowest BCUT2D eigenvalue weighted by atomic mass is 9.89. The number of rotatable bonds is 4. The van der Waals surface area contributed by atoms with Gasteiger partial charge in [0, 0.05) is 13.1 Å². The van der Waals surface area contributed by atoms with Gasteiger partial charge in [0.1, 0.15) is 0 Å². The summed E-state index contributed by atoms with van der Waals surface area (Å²) in [6.07, 6.45) is 4.03. The third-order valence-corrected chi connectivity index (χ3v) is 6.63. The summed E-state index contributed by atoms with van der Waals surface area (Å²) in [5.41, 5.74) is 6.66. The van der Waals surface area contributed by atoms with Crippen molar-refractivity contribution in [3.63, 3.8) is 0 Å². The number of anilines is 1. The molecule has 1 unspecified atom stereocenters. The van der Waals surface area contributed by atoms with Gasteiger partial charge >= 0.3 is 0 Å². The molecule has 0 spiro atoms. The summed E-state index contributed by atoms with van der Waals surface area (Å²) in [4.78, 5) is 25.0. The van der Waals surface area contributed by atoms with Gasteiger partial charge in [0.2, 0.25) is 11.8 Å². The van der Waals surface area contributed by atoms with Crippen molar-refractivity contribution in [2.45, 2.75) is 31.4 Å². The summed E-state index contributed by atoms with van der Waals surface area (Å²) in [6, 6.07) is 12.9. The van der Waals surface area contributed by atoms with E-state index in [9.17, 15) is 9.90 Å². The molecule has 178 valence electrons. The van der Waals surface area contributed by atoms with E-state index in [-0.39, 0.29) is 18.4 Å². The zero-order chi connectivity index (χ0) is 24.2. The SMILES string of the molecule is CC(C(=O)N1CCC[C@@H](O)C1)(c1ccccc1)n1ncc2c1nc(N)n1nc(-c3ccco3)nc21. The fraction of sp³-hybridized carbons (Fsp3) is 0.292. The van der Waals surface area contributed by atoms with E-state index in [0.29, 0.717) is 41.2 Å². The number of likely N-dealkylation sites (tertiary alicyclic amines) is 1. The van der Waals surface area contributed by atoms with Gasteiger partial charge in [0.15, 0.2) is 22.6 Å². The Balaban J connectivity index is 1.55. The van der Waals surface area contributed by atoms with E-state index in [0.717, 1.165) is 12.0 Å². The lowest BCUT2D eigenvalue weighted by Crippen LogP contribution is -2.53. The van der Waals surface area contributed by atoms with E-state index in [1.807, 2.05) is 37.3 Å². The van der Waals surface area contributed by atoms with Crippen LogP contribution in [0.3, 0.4) is 0 Å². The van der Waals surface area contributed by atoms with Crippen molar-refractivity contribution in [3.8, 4) is 11.6 Å². The van der Waals surface area contributed by atoms with Gasteiger partial charge in [-0.1, -0.05) is 30.3 Å². The lowest BCUT2D eigenvalue weighted by molar-refractivity contribution is -0.141. The number of amides is 1. The zero-order valence-corrected chi connectivity index (χ0v) is 19.1. The minimum absolute atomic E-state index is 0.107. The Morgan fingerprint density at radius 3 is 2.74 bits per heavy atom. The maximum Gasteiger partial charge on any atom is 0.255 e. The predicted molar refractivity (Wildman–Crippen MR) is 127 cm³/mol. The smallest absolute Gasteiger partial charge is 0.255 e. The molecule has 6 rings (SSSR count). The highest BCUT2D eigenvalue weighted by Crippen LogP contribution is 2.33. The van der Waals surface area contributed by atoms with E-state index in [4.69, 9.17) is 10.2 Å². The number of hydrogen-bond acceptors (Lipinski definition) is 8. The molecule has 5 heterocycles. The summed E-state index contributed by atoms with van der Waals surface area (Å²) in [5, 5.41) is 19.9. The standard InChI is InChI=1S/C24H24N8O3/c1-24(15-7-3-2-4-8-15,22(34)30-11-5-9-16(33)14-30)32-21-17(13-26-32)20-27-19(18-10-6-12-35-18)29-31(20)23(25)28-21/h2-4,6-8,10,12-13,16,33H,5,9,11,14H2,1H3,(H2,25,28)/t16-,24?/m1/s1. The van der Waals surface area contributed by atoms with E-state index in [1.165, 1.54) is 4.52 Å². The molecule has 35 heavy (non-hydrogen) atoms. The van der Waals surface area contributed by atoms with Crippen molar-refractivity contribution in [2.24, 2.45) is 0 Å². The van der Waals surface area contributed by atoms with Gasteiger partial charge in [0.05, 0.1) is 24.0 Å². The second kappa shape index (κ2) is 7.91. The van der Waals surface area contributed by atoms with Gasteiger partial charge in [-0.2, -0.15) is 14.6 Å². The summed E-state index contributed by atoms with van der Waals surface area (Å²) in [7, 11) is 0. The molecule has 0 radical (unpaired) electrons. The largest absolute Gasteiger partial charge is 0.461 e. The third-order valence-electron chi connectivity index (χ3n) is 6.63. The van der Waals surface area contributed by atoms with Crippen LogP contribution in [0.5, 0.6) is 0 Å². The average molecular weight is 473 g/mol. The van der Waals surface area contributed by atoms with Crippen LogP contribution in [-0.4, -0.2) is 64.5 Å². The van der Waals surface area contributed by atoms with E-state index in [1.54, 1.807) is 34.2 Å². The van der Waals surface area contributed by atoms with E-state index in [2.05, 4.69) is 20.2 Å². The normalized spacial score (nSPS) is 18.2. The number of benzene rings is 1. The number of nitrogen functional groups attached to an aromatic ring is 1. The molecule has 11 nitrogen and oxygen atoms in total. The molecule has 4 aromatic heterocycles. The number of furan rings is 1. The van der Waals surface area contributed by atoms with Crippen LogP contribution >= 0.6 is 0 Å². The van der Waals surface area contributed by atoms with Gasteiger partial charge < -0.3 is 20.2 Å². The first kappa shape index (κ1) is 21.3. The van der Waals surface area contributed by atoms with Crippen molar-refractivity contribution in [3.05, 3.63) is 60.5 Å². The molecule has 1 fully saturated rings. The molecule has 1 amide bonds. The molecule has 0 saturated carbocycles. The molecule has 3 N–H and O–H groups in total. The van der Waals surface area contributed by atoms with Gasteiger partial charge in [-0.15, -0.1) is 5.10 Å². The topological polar surface area (TPSA) is 141 Å². The van der Waals surface area contributed by atoms with Crippen molar-refractivity contribution in [1.82, 2.24) is 34.3 Å². The second-order valence-electron chi connectivity index (χ2n) is 8.90. The van der Waals surface area contributed by atoms with Crippen molar-refractivity contribution >= 4 is 28.5 Å². The molecule has 1 aliphatic rings. The van der Waals surface area contributed by atoms with Crippen LogP contribution in [0.4, 0.5) is 5.95 Å². The number of β-amino-alcohol motifs (C(OH)–C–C–N with tert-alkyl or cyclic N) is 1. The summed E-state index contributed by atoms with van der Waals surface area (Å²) in [6.45, 7) is 2.66. The first-order chi connectivity index (χ1) is 17.0. The average Bonchev–Trinajstić information content (AvgIpc) is 3.63. The quantitative estimate of drug-likeness (QED) is 0.405. The molecule has 0 bridgehead atoms. The fourth-order valence-electron chi connectivity index (χ4n) is 4.79. The molecular weight excluding hydrogens is 448 g/mol. The summed E-state index contributed by atoms with van der Waals surface area (Å²) in [5.74, 6) is 0.802. The lowest BCUT2D eigenvalue weighted by Gasteiger charge is -2.38. The van der Waals surface area contributed by atoms with Crippen LogP contribution in [-0.2, 0) is 10.3 Å². The number of aliphatic hydroxyl groups excluding tert-OH is 1. The molecule has 0 aliphatic carbocycles. The molecule has 1 aromatic carbocycles. The van der Waals surface area contributed by atoms with Crippen LogP contribution in [0, 0.1) is 0 Å². The Hall–Kier alpha value is -4.25. The highest BCUT2D eigenvalue weighted by molar-refractivity contribution is 5.94. The molecule has 5 aromatic rings. The Morgan fingerprint density at radius 1 is 1.17 bits per heavy atom. The third kappa shape index (κ3) is 3.27. The van der Waals surface area contributed by atoms with Crippen LogP contribution in [0.15, 0.2) is 59.3 Å². The monoisotopic (exact) mass is 472 g/mol. The van der Waals surface area contributed by atoms with Crippen LogP contribution < -0.4 is 5.73 Å². The Morgan fingerprint density at radius 2 is 2.00 bits per heavy atom. The van der Waals surface area contributed by atoms with Gasteiger partial charge in [0.25, 0.3) is 5.91 Å². The summed E-state index contributed by atoms with van der Waals surface area (Å²) < 4.78 is 8.47. The van der Waals surface area contributed by atoms with Crippen molar-refractivity contribution < 1.29 is 14.3 Å². The van der Waals surface area contributed by atoms with Crippen molar-refractivity contribution in [2.75, 3.05) is 18.8 Å². The Labute approximate surface area is 199 Å². The van der Waals surface area contributed by atoms with E-state index < -0.39 is 11.6 Å². The Bertz CT molecular complexity index is 1520. The van der Waals surface area contributed by atoms with E-state index >= 15 is 0 Å². The maximum atomic E-state index is 14.1. The number of carbonyl (C=O) groups excluding carboxylic acids is 1. The number of fused-ring (bicyclic) bond motifs is 3. The first-order valence-electron chi connectivity index (χ1n) is 11.4. The highest BCUT2D eigenvalue weighted by atomic mass is 16.3. The van der Waals surface area contributed by atoms with Crippen LogP contribution in [0.2, 0.25) is 0 Å². The van der Waals surface area contributed by atoms with Crippen molar-refractivity contribution in [1.29, 1.82) is 0 Å². The zero-order valence-electron chi connectivity index (χ0n) is 19.1. The maximum absolute atomic E-state index is 14.1. The minimum Gasteiger partial charge on any atom is -0.461 e. The Kier molecular flexibility index (Phi) is 4.81. The number of carbonyl (C=O) groups is 1. The number of hydrogen-bond donors (Lipinski definition) is 2. The molecule has 1 saturated heterocycles. The van der Waals surface area contributed by atoms with Gasteiger partial charge in [-0.25, -0.2) is 9.67 Å². The highest BCUT2D eigenvalue weighted by Gasteiger charge is 2.43. The predicted octanol–water partition coefficient (Wildman–Crippen LogP) is 2.06. The molecular formula is C24H24N8O3. The van der Waals surface area contributed by atoms with Gasteiger partial charge in [-0.3, -0.25) is 4.79 Å². The molecule has 1 aliphatic heterocycles. The number of piperidine rings is 1. The fourth-order valence-corrected chi connectivity index (χ4v) is 4.79. The molecule has 11 heteroatoms. The second-order valence-corrected chi connectivity index (χ2v) is 8.90. The number of aliphatic hydroxyl groups is 1. The van der Waals surface area contributed by atoms with Crippen LogP contribution in [0.25, 0.3) is 28.3 Å². The number of aromatic nitrogens is 6. The number of nitrogens with two attached hydrogens (primary N) is 1. The van der Waals surface area contributed by atoms with Crippen LogP contribution in [0.1, 0.15) is 25.3 Å². The van der Waals surface area contributed by atoms with Gasteiger partial charge in [-0.05, 0) is 37.5 Å².